The van der Waals surface area contributed by atoms with Gasteiger partial charge in [-0.3, -0.25) is 4.79 Å². The molecule has 1 aliphatic heterocycles. The van der Waals surface area contributed by atoms with Crippen LogP contribution in [0.2, 0.25) is 0 Å². The third kappa shape index (κ3) is 31.4. The summed E-state index contributed by atoms with van der Waals surface area (Å²) in [6.07, 6.45) is 35.2. The first kappa shape index (κ1) is 57.9. The summed E-state index contributed by atoms with van der Waals surface area (Å²) in [7, 11) is 0. The molecule has 0 aromatic heterocycles. The number of aliphatic hydroxyl groups excluding tert-OH is 6. The minimum Gasteiger partial charge on any atom is -0.394 e. The molecule has 362 valence electrons. The van der Waals surface area contributed by atoms with Crippen LogP contribution in [-0.4, -0.2) is 105 Å². The molecule has 10 heteroatoms. The number of unbranched alkanes of at least 4 members (excludes halogenated alkanes) is 30. The van der Waals surface area contributed by atoms with E-state index in [1.54, 1.807) is 0 Å². The van der Waals surface area contributed by atoms with Crippen LogP contribution in [0.25, 0.3) is 0 Å². The number of hydrogen-bond acceptors (Lipinski definition) is 9. The number of carbonyl (C=O) groups is 1. The van der Waals surface area contributed by atoms with E-state index in [9.17, 15) is 35.4 Å². The maximum Gasteiger partial charge on any atom is 0.220 e. The minimum atomic E-state index is -1.53. The van der Waals surface area contributed by atoms with Crippen LogP contribution < -0.4 is 5.32 Å². The molecule has 0 aromatic rings. The summed E-state index contributed by atoms with van der Waals surface area (Å²) in [5, 5.41) is 65.5. The van der Waals surface area contributed by atoms with Gasteiger partial charge in [-0.05, 0) is 25.7 Å². The van der Waals surface area contributed by atoms with Crippen molar-refractivity contribution in [2.75, 3.05) is 19.8 Å². The van der Waals surface area contributed by atoms with Gasteiger partial charge < -0.3 is 45.4 Å². The van der Waals surface area contributed by atoms with Crippen LogP contribution in [0.4, 0.5) is 0 Å². The van der Waals surface area contributed by atoms with Crippen molar-refractivity contribution in [3.63, 3.8) is 0 Å². The molecule has 0 spiro atoms. The van der Waals surface area contributed by atoms with E-state index in [4.69, 9.17) is 9.47 Å². The Balaban J connectivity index is 2.27. The average Bonchev–Trinajstić information content (AvgIpc) is 3.26. The van der Waals surface area contributed by atoms with E-state index >= 15 is 0 Å². The van der Waals surface area contributed by atoms with E-state index in [1.807, 2.05) is 0 Å². The Labute approximate surface area is 374 Å². The van der Waals surface area contributed by atoms with Gasteiger partial charge in [0.15, 0.2) is 0 Å². The third-order valence-corrected chi connectivity index (χ3v) is 12.7. The van der Waals surface area contributed by atoms with Gasteiger partial charge >= 0.3 is 0 Å². The molecule has 8 atom stereocenters. The van der Waals surface area contributed by atoms with Crippen LogP contribution in [-0.2, 0) is 14.3 Å². The van der Waals surface area contributed by atoms with Crippen LogP contribution in [0.15, 0.2) is 12.2 Å². The fourth-order valence-corrected chi connectivity index (χ4v) is 8.50. The summed E-state index contributed by atoms with van der Waals surface area (Å²) in [6, 6.07) is -0.947. The molecular formula is C51H99NO9. The second-order valence-electron chi connectivity index (χ2n) is 18.4. The summed E-state index contributed by atoms with van der Waals surface area (Å²) in [5.41, 5.74) is 0. The van der Waals surface area contributed by atoms with E-state index in [0.29, 0.717) is 12.8 Å². The number of carbonyl (C=O) groups excluding carboxylic acids is 1. The first-order chi connectivity index (χ1) is 29.8. The fraction of sp³-hybridized carbons (Fsp3) is 0.941. The fourth-order valence-electron chi connectivity index (χ4n) is 8.50. The Morgan fingerprint density at radius 3 is 1.38 bits per heavy atom. The van der Waals surface area contributed by atoms with Gasteiger partial charge in [-0.15, -0.1) is 0 Å². The molecule has 1 aliphatic rings. The molecule has 0 radical (unpaired) electrons. The lowest BCUT2D eigenvalue weighted by Crippen LogP contribution is -2.58. The van der Waals surface area contributed by atoms with Crippen LogP contribution in [0, 0.1) is 0 Å². The predicted molar refractivity (Wildman–Crippen MR) is 251 cm³/mol. The topological polar surface area (TPSA) is 169 Å². The Hall–Kier alpha value is -1.11. The Morgan fingerprint density at radius 2 is 0.951 bits per heavy atom. The van der Waals surface area contributed by atoms with Gasteiger partial charge in [-0.2, -0.15) is 0 Å². The van der Waals surface area contributed by atoms with Crippen molar-refractivity contribution < 1.29 is 44.9 Å². The molecule has 0 unspecified atom stereocenters. The molecule has 1 saturated heterocycles. The van der Waals surface area contributed by atoms with E-state index in [1.165, 1.54) is 186 Å². The number of aliphatic hydroxyl groups is 6. The molecule has 1 fully saturated rings. The molecule has 1 heterocycles. The van der Waals surface area contributed by atoms with Gasteiger partial charge in [0, 0.05) is 19.6 Å². The van der Waals surface area contributed by atoms with Gasteiger partial charge in [0.05, 0.1) is 18.8 Å². The van der Waals surface area contributed by atoms with Crippen LogP contribution in [0.1, 0.15) is 239 Å². The summed E-state index contributed by atoms with van der Waals surface area (Å²) in [6.45, 7) is 5.82. The van der Waals surface area contributed by atoms with Gasteiger partial charge in [0.25, 0.3) is 0 Å². The van der Waals surface area contributed by atoms with Crippen molar-refractivity contribution in [3.05, 3.63) is 12.2 Å². The average molecular weight is 870 g/mol. The number of nitrogens with one attached hydrogen (secondary N) is 1. The summed E-state index contributed by atoms with van der Waals surface area (Å²) >= 11 is 0. The second-order valence-corrected chi connectivity index (χ2v) is 18.4. The zero-order chi connectivity index (χ0) is 44.6. The van der Waals surface area contributed by atoms with Crippen molar-refractivity contribution >= 4 is 5.91 Å². The Kier molecular flexibility index (Phi) is 39.5. The molecule has 0 aliphatic carbocycles. The maximum atomic E-state index is 13.1. The highest BCUT2D eigenvalue weighted by Gasteiger charge is 2.42. The number of rotatable bonds is 44. The van der Waals surface area contributed by atoms with Gasteiger partial charge in [-0.25, -0.2) is 0 Å². The van der Waals surface area contributed by atoms with Gasteiger partial charge in [-0.1, -0.05) is 219 Å². The maximum absolute atomic E-state index is 13.1. The largest absolute Gasteiger partial charge is 0.394 e. The van der Waals surface area contributed by atoms with E-state index < -0.39 is 55.4 Å². The van der Waals surface area contributed by atoms with Crippen LogP contribution in [0.3, 0.4) is 0 Å². The summed E-state index contributed by atoms with van der Waals surface area (Å²) in [5.74, 6) is -0.228. The van der Waals surface area contributed by atoms with Crippen molar-refractivity contribution in [1.29, 1.82) is 0 Å². The quantitative estimate of drug-likeness (QED) is 0.0233. The first-order valence-electron chi connectivity index (χ1n) is 26.0. The van der Waals surface area contributed by atoms with E-state index in [2.05, 4.69) is 19.2 Å². The van der Waals surface area contributed by atoms with Crippen molar-refractivity contribution in [3.8, 4) is 0 Å². The van der Waals surface area contributed by atoms with Crippen molar-refractivity contribution in [1.82, 2.24) is 5.32 Å². The van der Waals surface area contributed by atoms with E-state index in [0.717, 1.165) is 51.7 Å². The lowest BCUT2D eigenvalue weighted by Gasteiger charge is -2.39. The second kappa shape index (κ2) is 41.6. The zero-order valence-corrected chi connectivity index (χ0v) is 39.6. The highest BCUT2D eigenvalue weighted by molar-refractivity contribution is 5.76. The first-order valence-corrected chi connectivity index (χ1v) is 26.0. The molecule has 7 N–H and O–H groups in total. The molecular weight excluding hydrogens is 771 g/mol. The molecule has 0 saturated carbocycles. The molecule has 1 rings (SSSR count). The summed E-state index contributed by atoms with van der Waals surface area (Å²) < 4.78 is 11.4. The third-order valence-electron chi connectivity index (χ3n) is 12.7. The lowest BCUT2D eigenvalue weighted by atomic mass is 9.93. The van der Waals surface area contributed by atoms with Gasteiger partial charge in [0.1, 0.15) is 36.6 Å². The zero-order valence-electron chi connectivity index (χ0n) is 39.6. The van der Waals surface area contributed by atoms with Gasteiger partial charge in [0.2, 0.25) is 5.91 Å². The highest BCUT2D eigenvalue weighted by atomic mass is 16.5. The van der Waals surface area contributed by atoms with Crippen LogP contribution in [0.5, 0.6) is 0 Å². The smallest absolute Gasteiger partial charge is 0.220 e. The highest BCUT2D eigenvalue weighted by Crippen LogP contribution is 2.23. The Morgan fingerprint density at radius 1 is 0.557 bits per heavy atom. The monoisotopic (exact) mass is 870 g/mol. The molecule has 0 aromatic carbocycles. The normalized spacial score (nSPS) is 21.0. The minimum absolute atomic E-state index is 0.228. The lowest BCUT2D eigenvalue weighted by molar-refractivity contribution is -0.216. The predicted octanol–water partition coefficient (Wildman–Crippen LogP) is 10.3. The molecule has 10 nitrogen and oxygen atoms in total. The molecule has 1 amide bonds. The number of ether oxygens (including phenoxy) is 2. The van der Waals surface area contributed by atoms with Crippen molar-refractivity contribution in [2.24, 2.45) is 0 Å². The number of hydrogen-bond donors (Lipinski definition) is 7. The Bertz CT molecular complexity index is 984. The summed E-state index contributed by atoms with van der Waals surface area (Å²) in [4.78, 5) is 13.1. The standard InChI is InChI=1S/C51H99NO9/c1-3-5-7-9-10-11-12-19-22-25-28-32-36-44(54)48(56)43(38-39-45-49(57)51(59)50(58)46(42-53)61-45)52-47(55)37-33-29-26-23-20-17-15-13-14-16-18-21-24-27-31-35-41-60-40-34-30-8-6-4-2/h38-39,43-46,48-51,53-54,56-59H,3-37,40-42H2,1-2H3,(H,52,55)/t43-,44+,45+,46+,48-,49-,50-,51+/m0/s1. The molecule has 61 heavy (non-hydrogen) atoms. The molecule has 0 bridgehead atoms. The van der Waals surface area contributed by atoms with Crippen LogP contribution >= 0.6 is 0 Å². The van der Waals surface area contributed by atoms with Crippen molar-refractivity contribution in [2.45, 2.75) is 287 Å². The number of amides is 1. The SMILES string of the molecule is CCCCCCCCCCCCCC[C@@H](O)[C@@H](O)[C@H](C=C[C@H]1O[C@H](CO)[C@H](O)[C@H](O)[C@H]1O)NC(=O)CCCCCCCCCCCCCCCCCCOCCCCCCC. The van der Waals surface area contributed by atoms with E-state index in [-0.39, 0.29) is 5.91 Å².